The first kappa shape index (κ1) is 13.1. The molecular formula is C14H10BrClFN. The zero-order valence-electron chi connectivity index (χ0n) is 9.33. The minimum absolute atomic E-state index is 0.347. The second-order valence-electron chi connectivity index (χ2n) is 3.78. The summed E-state index contributed by atoms with van der Waals surface area (Å²) in [5.41, 5.74) is 7.50. The van der Waals surface area contributed by atoms with Crippen molar-refractivity contribution in [2.24, 2.45) is 5.73 Å². The third kappa shape index (κ3) is 3.12. The minimum Gasteiger partial charge on any atom is -0.398 e. The van der Waals surface area contributed by atoms with Crippen molar-refractivity contribution < 1.29 is 4.39 Å². The SMILES string of the molecule is N/C(=C\c1cccc(Br)c1)c1ccc(Cl)cc1F. The smallest absolute Gasteiger partial charge is 0.133 e. The number of rotatable bonds is 2. The van der Waals surface area contributed by atoms with E-state index in [4.69, 9.17) is 17.3 Å². The zero-order chi connectivity index (χ0) is 13.1. The van der Waals surface area contributed by atoms with Crippen molar-refractivity contribution in [3.63, 3.8) is 0 Å². The Morgan fingerprint density at radius 2 is 2.00 bits per heavy atom. The van der Waals surface area contributed by atoms with Gasteiger partial charge in [-0.3, -0.25) is 0 Å². The first-order chi connectivity index (χ1) is 8.56. The molecule has 0 aromatic heterocycles. The fourth-order valence-electron chi connectivity index (χ4n) is 1.58. The van der Waals surface area contributed by atoms with Crippen molar-refractivity contribution in [2.75, 3.05) is 0 Å². The second-order valence-corrected chi connectivity index (χ2v) is 5.13. The van der Waals surface area contributed by atoms with Crippen LogP contribution in [0.2, 0.25) is 5.02 Å². The van der Waals surface area contributed by atoms with Crippen molar-refractivity contribution in [2.45, 2.75) is 0 Å². The summed E-state index contributed by atoms with van der Waals surface area (Å²) in [4.78, 5) is 0. The largest absolute Gasteiger partial charge is 0.398 e. The zero-order valence-corrected chi connectivity index (χ0v) is 11.7. The maximum Gasteiger partial charge on any atom is 0.133 e. The van der Waals surface area contributed by atoms with Crippen molar-refractivity contribution in [1.82, 2.24) is 0 Å². The molecule has 0 amide bonds. The van der Waals surface area contributed by atoms with E-state index in [-0.39, 0.29) is 0 Å². The molecule has 0 saturated carbocycles. The molecule has 92 valence electrons. The fraction of sp³-hybridized carbons (Fsp3) is 0. The van der Waals surface area contributed by atoms with E-state index in [0.717, 1.165) is 10.0 Å². The van der Waals surface area contributed by atoms with Gasteiger partial charge in [0.05, 0.1) is 0 Å². The molecule has 0 spiro atoms. The molecule has 1 nitrogen and oxygen atoms in total. The Hall–Kier alpha value is -1.32. The van der Waals surface area contributed by atoms with Crippen LogP contribution in [0.5, 0.6) is 0 Å². The van der Waals surface area contributed by atoms with Gasteiger partial charge in [-0.15, -0.1) is 0 Å². The molecule has 4 heteroatoms. The molecule has 0 fully saturated rings. The summed E-state index contributed by atoms with van der Waals surface area (Å²) < 4.78 is 14.6. The van der Waals surface area contributed by atoms with Gasteiger partial charge in [0, 0.05) is 20.8 Å². The molecular weight excluding hydrogens is 317 g/mol. The predicted octanol–water partition coefficient (Wildman–Crippen LogP) is 4.70. The first-order valence-corrected chi connectivity index (χ1v) is 6.41. The molecule has 2 aromatic rings. The number of halogens is 3. The first-order valence-electron chi connectivity index (χ1n) is 5.24. The summed E-state index contributed by atoms with van der Waals surface area (Å²) in [6, 6.07) is 12.0. The average Bonchev–Trinajstić information content (AvgIpc) is 2.28. The van der Waals surface area contributed by atoms with Crippen LogP contribution in [0.4, 0.5) is 4.39 Å². The maximum atomic E-state index is 13.7. The van der Waals surface area contributed by atoms with Gasteiger partial charge in [0.15, 0.2) is 0 Å². The lowest BCUT2D eigenvalue weighted by Gasteiger charge is -2.04. The molecule has 0 bridgehead atoms. The van der Waals surface area contributed by atoms with Gasteiger partial charge < -0.3 is 5.73 Å². The van der Waals surface area contributed by atoms with Gasteiger partial charge >= 0.3 is 0 Å². The molecule has 0 aliphatic heterocycles. The topological polar surface area (TPSA) is 26.0 Å². The van der Waals surface area contributed by atoms with Gasteiger partial charge in [-0.05, 0) is 42.0 Å². The standard InChI is InChI=1S/C14H10BrClFN/c15-10-3-1-2-9(6-10)7-14(18)12-5-4-11(16)8-13(12)17/h1-8H,18H2/b14-7-. The summed E-state index contributed by atoms with van der Waals surface area (Å²) in [7, 11) is 0. The summed E-state index contributed by atoms with van der Waals surface area (Å²) in [6.45, 7) is 0. The van der Waals surface area contributed by atoms with Crippen LogP contribution in [0, 0.1) is 5.82 Å². The third-order valence-electron chi connectivity index (χ3n) is 2.41. The molecule has 0 aliphatic carbocycles. The lowest BCUT2D eigenvalue weighted by atomic mass is 10.1. The second kappa shape index (κ2) is 5.55. The average molecular weight is 327 g/mol. The molecule has 0 heterocycles. The molecule has 2 aromatic carbocycles. The van der Waals surface area contributed by atoms with E-state index < -0.39 is 5.82 Å². The van der Waals surface area contributed by atoms with E-state index >= 15 is 0 Å². The number of hydrogen-bond acceptors (Lipinski definition) is 1. The Morgan fingerprint density at radius 3 is 2.67 bits per heavy atom. The highest BCUT2D eigenvalue weighted by Crippen LogP contribution is 2.21. The van der Waals surface area contributed by atoms with Gasteiger partial charge in [0.2, 0.25) is 0 Å². The molecule has 18 heavy (non-hydrogen) atoms. The molecule has 2 N–H and O–H groups in total. The molecule has 0 saturated heterocycles. The van der Waals surface area contributed by atoms with Gasteiger partial charge in [-0.2, -0.15) is 0 Å². The number of benzene rings is 2. The van der Waals surface area contributed by atoms with Crippen LogP contribution in [0.1, 0.15) is 11.1 Å². The van der Waals surface area contributed by atoms with Crippen LogP contribution in [0.3, 0.4) is 0 Å². The summed E-state index contributed by atoms with van der Waals surface area (Å²) >= 11 is 9.07. The van der Waals surface area contributed by atoms with Gasteiger partial charge in [0.25, 0.3) is 0 Å². The van der Waals surface area contributed by atoms with E-state index in [1.54, 1.807) is 18.2 Å². The van der Waals surface area contributed by atoms with Crippen LogP contribution >= 0.6 is 27.5 Å². The van der Waals surface area contributed by atoms with Crippen LogP contribution in [0.25, 0.3) is 11.8 Å². The van der Waals surface area contributed by atoms with Crippen LogP contribution in [-0.4, -0.2) is 0 Å². The highest BCUT2D eigenvalue weighted by atomic mass is 79.9. The Bertz CT molecular complexity index is 610. The maximum absolute atomic E-state index is 13.7. The monoisotopic (exact) mass is 325 g/mol. The van der Waals surface area contributed by atoms with Crippen molar-refractivity contribution in [1.29, 1.82) is 0 Å². The predicted molar refractivity (Wildman–Crippen MR) is 77.6 cm³/mol. The Labute approximate surface area is 118 Å². The quantitative estimate of drug-likeness (QED) is 0.795. The minimum atomic E-state index is -0.425. The van der Waals surface area contributed by atoms with Crippen LogP contribution < -0.4 is 5.73 Å². The highest BCUT2D eigenvalue weighted by molar-refractivity contribution is 9.10. The summed E-state index contributed by atoms with van der Waals surface area (Å²) in [6.07, 6.45) is 1.72. The van der Waals surface area contributed by atoms with E-state index in [1.807, 2.05) is 24.3 Å². The van der Waals surface area contributed by atoms with Gasteiger partial charge in [0.1, 0.15) is 5.82 Å². The van der Waals surface area contributed by atoms with Crippen molar-refractivity contribution in [3.05, 3.63) is 68.9 Å². The van der Waals surface area contributed by atoms with Crippen molar-refractivity contribution >= 4 is 39.3 Å². The molecule has 0 atom stereocenters. The molecule has 0 aliphatic rings. The normalized spacial score (nSPS) is 11.6. The van der Waals surface area contributed by atoms with Gasteiger partial charge in [-0.25, -0.2) is 4.39 Å². The molecule has 2 rings (SSSR count). The van der Waals surface area contributed by atoms with E-state index in [9.17, 15) is 4.39 Å². The fourth-order valence-corrected chi connectivity index (χ4v) is 2.15. The number of nitrogens with two attached hydrogens (primary N) is 1. The molecule has 0 unspecified atom stereocenters. The lowest BCUT2D eigenvalue weighted by Crippen LogP contribution is -1.99. The third-order valence-corrected chi connectivity index (χ3v) is 3.14. The van der Waals surface area contributed by atoms with E-state index in [2.05, 4.69) is 15.9 Å². The van der Waals surface area contributed by atoms with Crippen molar-refractivity contribution in [3.8, 4) is 0 Å². The Balaban J connectivity index is 2.39. The Kier molecular flexibility index (Phi) is 4.04. The molecule has 0 radical (unpaired) electrons. The van der Waals surface area contributed by atoms with Crippen LogP contribution in [-0.2, 0) is 0 Å². The summed E-state index contributed by atoms with van der Waals surface area (Å²) in [5.74, 6) is -0.425. The van der Waals surface area contributed by atoms with Gasteiger partial charge in [-0.1, -0.05) is 39.7 Å². The van der Waals surface area contributed by atoms with E-state index in [1.165, 1.54) is 6.07 Å². The number of hydrogen-bond donors (Lipinski definition) is 1. The lowest BCUT2D eigenvalue weighted by molar-refractivity contribution is 0.624. The van der Waals surface area contributed by atoms with E-state index in [0.29, 0.717) is 16.3 Å². The summed E-state index contributed by atoms with van der Waals surface area (Å²) in [5, 5.41) is 0.353. The Morgan fingerprint density at radius 1 is 1.22 bits per heavy atom. The highest BCUT2D eigenvalue weighted by Gasteiger charge is 2.05. The van der Waals surface area contributed by atoms with Crippen LogP contribution in [0.15, 0.2) is 46.9 Å².